The second kappa shape index (κ2) is 5.44. The van der Waals surface area contributed by atoms with Crippen LogP contribution in [0.4, 0.5) is 0 Å². The number of hydrogen-bond donors (Lipinski definition) is 0. The number of rotatable bonds is 3. The Balaban J connectivity index is 2.02. The predicted molar refractivity (Wildman–Crippen MR) is 84.5 cm³/mol. The van der Waals surface area contributed by atoms with Crippen LogP contribution in [-0.2, 0) is 5.88 Å². The zero-order valence-corrected chi connectivity index (χ0v) is 14.2. The number of thiazole rings is 1. The second-order valence-corrected chi connectivity index (χ2v) is 6.64. The van der Waals surface area contributed by atoms with Gasteiger partial charge in [-0.25, -0.2) is 0 Å². The second-order valence-electron chi connectivity index (χ2n) is 3.73. The number of benzene rings is 1. The molecule has 0 atom stereocenters. The molecule has 2 aromatic heterocycles. The Morgan fingerprint density at radius 1 is 1.37 bits per heavy atom. The first kappa shape index (κ1) is 13.4. The van der Waals surface area contributed by atoms with E-state index >= 15 is 0 Å². The standard InChI is InChI=1S/C12H7Br2ClN2OS/c13-7-1-2-10(8(14)5-7)18-11-9(6-15)17-3-4-19-12(17)16-11/h1-5H,6H2. The molecular formula is C12H7Br2ClN2OS. The molecule has 0 N–H and O–H groups in total. The average Bonchev–Trinajstić information content (AvgIpc) is 2.92. The van der Waals surface area contributed by atoms with Crippen molar-refractivity contribution in [2.75, 3.05) is 0 Å². The van der Waals surface area contributed by atoms with Gasteiger partial charge in [0.05, 0.1) is 10.4 Å². The number of fused-ring (bicyclic) bond motifs is 1. The highest BCUT2D eigenvalue weighted by atomic mass is 79.9. The Bertz CT molecular complexity index is 740. The quantitative estimate of drug-likeness (QED) is 0.525. The van der Waals surface area contributed by atoms with Crippen molar-refractivity contribution in [2.24, 2.45) is 0 Å². The van der Waals surface area contributed by atoms with Gasteiger partial charge in [0.15, 0.2) is 4.96 Å². The van der Waals surface area contributed by atoms with Crippen LogP contribution in [0.3, 0.4) is 0 Å². The molecule has 98 valence electrons. The Morgan fingerprint density at radius 2 is 2.21 bits per heavy atom. The van der Waals surface area contributed by atoms with Gasteiger partial charge in [-0.3, -0.25) is 4.40 Å². The lowest BCUT2D eigenvalue weighted by Gasteiger charge is -2.06. The van der Waals surface area contributed by atoms with E-state index in [1.54, 1.807) is 11.3 Å². The van der Waals surface area contributed by atoms with Gasteiger partial charge >= 0.3 is 0 Å². The Kier molecular flexibility index (Phi) is 3.84. The summed E-state index contributed by atoms with van der Waals surface area (Å²) in [6, 6.07) is 5.71. The van der Waals surface area contributed by atoms with Gasteiger partial charge in [-0.05, 0) is 34.1 Å². The van der Waals surface area contributed by atoms with Gasteiger partial charge in [0, 0.05) is 16.0 Å². The van der Waals surface area contributed by atoms with Crippen molar-refractivity contribution in [3.63, 3.8) is 0 Å². The van der Waals surface area contributed by atoms with E-state index in [0.29, 0.717) is 17.5 Å². The van der Waals surface area contributed by atoms with Crippen LogP contribution in [0.25, 0.3) is 4.96 Å². The van der Waals surface area contributed by atoms with Gasteiger partial charge < -0.3 is 4.74 Å². The molecule has 0 radical (unpaired) electrons. The molecule has 19 heavy (non-hydrogen) atoms. The van der Waals surface area contributed by atoms with E-state index in [1.807, 2.05) is 34.2 Å². The number of alkyl halides is 1. The molecule has 0 saturated carbocycles. The molecule has 3 aromatic rings. The van der Waals surface area contributed by atoms with Crippen molar-refractivity contribution < 1.29 is 4.74 Å². The summed E-state index contributed by atoms with van der Waals surface area (Å²) in [6.45, 7) is 0. The predicted octanol–water partition coefficient (Wildman–Crippen LogP) is 5.45. The number of aromatic nitrogens is 2. The normalized spacial score (nSPS) is 11.1. The number of halogens is 3. The van der Waals surface area contributed by atoms with Crippen molar-refractivity contribution in [1.82, 2.24) is 9.38 Å². The molecule has 7 heteroatoms. The SMILES string of the molecule is ClCc1c(Oc2ccc(Br)cc2Br)nc2sccn12. The molecule has 2 heterocycles. The fourth-order valence-electron chi connectivity index (χ4n) is 1.68. The maximum atomic E-state index is 5.99. The van der Waals surface area contributed by atoms with Gasteiger partial charge in [-0.2, -0.15) is 4.98 Å². The lowest BCUT2D eigenvalue weighted by molar-refractivity contribution is 0.458. The van der Waals surface area contributed by atoms with E-state index in [2.05, 4.69) is 36.8 Å². The van der Waals surface area contributed by atoms with E-state index in [-0.39, 0.29) is 0 Å². The summed E-state index contributed by atoms with van der Waals surface area (Å²) in [7, 11) is 0. The fourth-order valence-corrected chi connectivity index (χ4v) is 3.77. The minimum atomic E-state index is 0.349. The van der Waals surface area contributed by atoms with E-state index in [9.17, 15) is 0 Å². The van der Waals surface area contributed by atoms with Crippen LogP contribution >= 0.6 is 54.8 Å². The molecule has 0 aliphatic heterocycles. The van der Waals surface area contributed by atoms with Crippen LogP contribution in [-0.4, -0.2) is 9.38 Å². The Hall–Kier alpha value is -0.560. The number of ether oxygens (including phenoxy) is 1. The van der Waals surface area contributed by atoms with E-state index in [4.69, 9.17) is 16.3 Å². The van der Waals surface area contributed by atoms with Gasteiger partial charge in [-0.1, -0.05) is 15.9 Å². The molecule has 1 aromatic carbocycles. The minimum absolute atomic E-state index is 0.349. The molecule has 0 aliphatic rings. The summed E-state index contributed by atoms with van der Waals surface area (Å²) in [5, 5.41) is 1.97. The summed E-state index contributed by atoms with van der Waals surface area (Å²) in [5.41, 5.74) is 0.854. The Labute approximate surface area is 135 Å². The molecule has 0 bridgehead atoms. The molecule has 0 saturated heterocycles. The van der Waals surface area contributed by atoms with Gasteiger partial charge in [-0.15, -0.1) is 22.9 Å². The van der Waals surface area contributed by atoms with Crippen molar-refractivity contribution in [3.8, 4) is 11.6 Å². The number of nitrogens with zero attached hydrogens (tertiary/aromatic N) is 2. The molecule has 0 fully saturated rings. The highest BCUT2D eigenvalue weighted by Crippen LogP contribution is 2.34. The van der Waals surface area contributed by atoms with Crippen molar-refractivity contribution >= 4 is 59.8 Å². The Morgan fingerprint density at radius 3 is 2.95 bits per heavy atom. The van der Waals surface area contributed by atoms with E-state index < -0.39 is 0 Å². The first-order chi connectivity index (χ1) is 9.19. The van der Waals surface area contributed by atoms with Crippen molar-refractivity contribution in [3.05, 3.63) is 44.4 Å². The number of imidazole rings is 1. The summed E-state index contributed by atoms with van der Waals surface area (Å²) in [6.07, 6.45) is 1.94. The first-order valence-electron chi connectivity index (χ1n) is 5.32. The largest absolute Gasteiger partial charge is 0.436 e. The van der Waals surface area contributed by atoms with Crippen molar-refractivity contribution in [1.29, 1.82) is 0 Å². The number of hydrogen-bond acceptors (Lipinski definition) is 3. The third-order valence-electron chi connectivity index (χ3n) is 2.55. The van der Waals surface area contributed by atoms with Crippen LogP contribution in [0.15, 0.2) is 38.7 Å². The fraction of sp³-hybridized carbons (Fsp3) is 0.0833. The van der Waals surface area contributed by atoms with Gasteiger partial charge in [0.2, 0.25) is 5.88 Å². The molecule has 3 rings (SSSR count). The summed E-state index contributed by atoms with van der Waals surface area (Å²) < 4.78 is 9.64. The van der Waals surface area contributed by atoms with Crippen LogP contribution in [0.5, 0.6) is 11.6 Å². The molecule has 0 unspecified atom stereocenters. The zero-order chi connectivity index (χ0) is 13.4. The third-order valence-corrected chi connectivity index (χ3v) is 4.67. The monoisotopic (exact) mass is 420 g/mol. The average molecular weight is 423 g/mol. The molecule has 0 amide bonds. The van der Waals surface area contributed by atoms with E-state index in [0.717, 1.165) is 19.6 Å². The smallest absolute Gasteiger partial charge is 0.243 e. The molecule has 0 spiro atoms. The highest BCUT2D eigenvalue weighted by molar-refractivity contribution is 9.11. The van der Waals surface area contributed by atoms with Crippen LogP contribution < -0.4 is 4.74 Å². The highest BCUT2D eigenvalue weighted by Gasteiger charge is 2.15. The molecular weight excluding hydrogens is 415 g/mol. The van der Waals surface area contributed by atoms with Crippen LogP contribution in [0.2, 0.25) is 0 Å². The third kappa shape index (κ3) is 2.54. The molecule has 3 nitrogen and oxygen atoms in total. The van der Waals surface area contributed by atoms with Crippen molar-refractivity contribution in [2.45, 2.75) is 5.88 Å². The summed E-state index contributed by atoms with van der Waals surface area (Å²) >= 11 is 14.4. The summed E-state index contributed by atoms with van der Waals surface area (Å²) in [4.78, 5) is 5.32. The summed E-state index contributed by atoms with van der Waals surface area (Å²) in [5.74, 6) is 1.60. The lowest BCUT2D eigenvalue weighted by Crippen LogP contribution is -1.91. The van der Waals surface area contributed by atoms with E-state index in [1.165, 1.54) is 0 Å². The van der Waals surface area contributed by atoms with Crippen LogP contribution in [0.1, 0.15) is 5.69 Å². The maximum absolute atomic E-state index is 5.99. The zero-order valence-electron chi connectivity index (χ0n) is 9.44. The maximum Gasteiger partial charge on any atom is 0.243 e. The van der Waals surface area contributed by atoms with Crippen LogP contribution in [0, 0.1) is 0 Å². The topological polar surface area (TPSA) is 26.5 Å². The van der Waals surface area contributed by atoms with Gasteiger partial charge in [0.25, 0.3) is 0 Å². The molecule has 0 aliphatic carbocycles. The lowest BCUT2D eigenvalue weighted by atomic mass is 10.3. The minimum Gasteiger partial charge on any atom is -0.436 e. The van der Waals surface area contributed by atoms with Gasteiger partial charge in [0.1, 0.15) is 11.4 Å². The first-order valence-corrected chi connectivity index (χ1v) is 8.32.